The van der Waals surface area contributed by atoms with Crippen LogP contribution in [0, 0.1) is 5.92 Å². The summed E-state index contributed by atoms with van der Waals surface area (Å²) in [5.74, 6) is 0.720. The number of rotatable bonds is 4. The van der Waals surface area contributed by atoms with Crippen molar-refractivity contribution in [1.29, 1.82) is 0 Å². The molecule has 2 unspecified atom stereocenters. The van der Waals surface area contributed by atoms with Gasteiger partial charge in [0, 0.05) is 42.2 Å². The van der Waals surface area contributed by atoms with E-state index in [1.54, 1.807) is 4.68 Å². The lowest BCUT2D eigenvalue weighted by molar-refractivity contribution is -0.122. The number of nitrogens with one attached hydrogen (secondary N) is 2. The largest absolute Gasteiger partial charge is 0.317 e. The van der Waals surface area contributed by atoms with Gasteiger partial charge in [-0.1, -0.05) is 17.3 Å². The Labute approximate surface area is 188 Å². The second-order valence-electron chi connectivity index (χ2n) is 9.19. The van der Waals surface area contributed by atoms with Gasteiger partial charge in [0.1, 0.15) is 11.5 Å². The minimum absolute atomic E-state index is 0.0337. The Hall–Kier alpha value is -2.84. The van der Waals surface area contributed by atoms with Crippen LogP contribution < -0.4 is 10.6 Å². The van der Waals surface area contributed by atoms with Crippen LogP contribution in [0.4, 0.5) is 5.82 Å². The summed E-state index contributed by atoms with van der Waals surface area (Å²) >= 11 is 0. The summed E-state index contributed by atoms with van der Waals surface area (Å²) in [5, 5.41) is 16.8. The first kappa shape index (κ1) is 21.0. The molecule has 32 heavy (non-hydrogen) atoms. The molecule has 8 nitrogen and oxygen atoms in total. The van der Waals surface area contributed by atoms with E-state index < -0.39 is 0 Å². The van der Waals surface area contributed by atoms with Crippen molar-refractivity contribution in [3.63, 3.8) is 0 Å². The molecule has 1 amide bonds. The topological polar surface area (TPSA) is 88.0 Å². The molecule has 4 heterocycles. The van der Waals surface area contributed by atoms with Crippen molar-refractivity contribution in [3.8, 4) is 11.3 Å². The van der Waals surface area contributed by atoms with Crippen molar-refractivity contribution in [2.75, 3.05) is 25.0 Å². The molecule has 1 aromatic carbocycles. The molecule has 8 heteroatoms. The molecular formula is C24H31N7O. The Morgan fingerprint density at radius 1 is 1.16 bits per heavy atom. The second kappa shape index (κ2) is 8.96. The number of carbonyl (C=O) groups excluding carboxylic acids is 1. The maximum atomic E-state index is 13.0. The van der Waals surface area contributed by atoms with Gasteiger partial charge in [-0.2, -0.15) is 0 Å². The van der Waals surface area contributed by atoms with Crippen LogP contribution in [0.15, 0.2) is 36.7 Å². The zero-order valence-electron chi connectivity index (χ0n) is 18.8. The predicted octanol–water partition coefficient (Wildman–Crippen LogP) is 2.82. The molecule has 168 valence electrons. The van der Waals surface area contributed by atoms with Gasteiger partial charge in [0.15, 0.2) is 0 Å². The zero-order valence-corrected chi connectivity index (χ0v) is 18.8. The van der Waals surface area contributed by atoms with Crippen LogP contribution >= 0.6 is 0 Å². The van der Waals surface area contributed by atoms with E-state index in [-0.39, 0.29) is 11.8 Å². The third kappa shape index (κ3) is 4.38. The Morgan fingerprint density at radius 3 is 2.75 bits per heavy atom. The van der Waals surface area contributed by atoms with Gasteiger partial charge < -0.3 is 10.6 Å². The lowest BCUT2D eigenvalue weighted by atomic mass is 9.88. The van der Waals surface area contributed by atoms with Crippen molar-refractivity contribution >= 4 is 22.5 Å². The summed E-state index contributed by atoms with van der Waals surface area (Å²) in [7, 11) is 1.85. The maximum absolute atomic E-state index is 13.0. The van der Waals surface area contributed by atoms with Crippen molar-refractivity contribution in [1.82, 2.24) is 30.2 Å². The van der Waals surface area contributed by atoms with E-state index >= 15 is 0 Å². The minimum Gasteiger partial charge on any atom is -0.317 e. The predicted molar refractivity (Wildman–Crippen MR) is 125 cm³/mol. The highest BCUT2D eigenvalue weighted by Gasteiger charge is 2.34. The van der Waals surface area contributed by atoms with E-state index in [4.69, 9.17) is 0 Å². The number of benzene rings is 1. The summed E-state index contributed by atoms with van der Waals surface area (Å²) in [4.78, 5) is 20.1. The van der Waals surface area contributed by atoms with Crippen LogP contribution in [-0.2, 0) is 11.8 Å². The number of amides is 1. The SMILES string of the molecule is CC1CC(C(=O)Nc2cc3cc(-c4cn(C)nn4)ccc3cn2)CCN1C1CCNCC1. The molecule has 5 rings (SSSR count). The zero-order chi connectivity index (χ0) is 22.1. The first-order valence-electron chi connectivity index (χ1n) is 11.6. The van der Waals surface area contributed by atoms with Crippen LogP contribution in [0.5, 0.6) is 0 Å². The van der Waals surface area contributed by atoms with E-state index in [1.165, 1.54) is 12.8 Å². The van der Waals surface area contributed by atoms with Crippen LogP contribution in [0.2, 0.25) is 0 Å². The second-order valence-corrected chi connectivity index (χ2v) is 9.19. The highest BCUT2D eigenvalue weighted by Crippen LogP contribution is 2.29. The summed E-state index contributed by atoms with van der Waals surface area (Å²) in [6, 6.07) is 9.14. The lowest BCUT2D eigenvalue weighted by Crippen LogP contribution is -2.51. The first-order chi connectivity index (χ1) is 15.6. The lowest BCUT2D eigenvalue weighted by Gasteiger charge is -2.43. The molecule has 3 aromatic rings. The molecule has 2 aromatic heterocycles. The van der Waals surface area contributed by atoms with Gasteiger partial charge in [-0.15, -0.1) is 5.10 Å². The van der Waals surface area contributed by atoms with Gasteiger partial charge in [-0.25, -0.2) is 4.98 Å². The Morgan fingerprint density at radius 2 is 2.00 bits per heavy atom. The number of aromatic nitrogens is 4. The summed E-state index contributed by atoms with van der Waals surface area (Å²) in [5.41, 5.74) is 1.82. The molecule has 0 spiro atoms. The number of fused-ring (bicyclic) bond motifs is 1. The number of likely N-dealkylation sites (tertiary alicyclic amines) is 1. The fraction of sp³-hybridized carbons (Fsp3) is 0.500. The standard InChI is InChI=1S/C24H31N7O/c1-16-11-18(7-10-31(16)21-5-8-25-9-6-21)24(32)27-23-13-20-12-17(3-4-19(20)14-26-23)22-15-30(2)29-28-22/h3-4,12-16,18,21,25H,5-11H2,1-2H3,(H,26,27,32). The normalized spacial score (nSPS) is 22.8. The third-order valence-corrected chi connectivity index (χ3v) is 6.95. The number of aryl methyl sites for hydroxylation is 1. The number of carbonyl (C=O) groups is 1. The van der Waals surface area contributed by atoms with Crippen molar-refractivity contribution in [2.45, 2.75) is 44.7 Å². The van der Waals surface area contributed by atoms with Crippen molar-refractivity contribution < 1.29 is 4.79 Å². The Kier molecular flexibility index (Phi) is 5.89. The number of piperidine rings is 2. The minimum atomic E-state index is 0.0337. The molecule has 0 radical (unpaired) electrons. The first-order valence-corrected chi connectivity index (χ1v) is 11.6. The number of pyridine rings is 1. The summed E-state index contributed by atoms with van der Waals surface area (Å²) in [6.07, 6.45) is 7.93. The molecule has 0 aliphatic carbocycles. The maximum Gasteiger partial charge on any atom is 0.228 e. The molecule has 2 aliphatic rings. The molecule has 0 bridgehead atoms. The van der Waals surface area contributed by atoms with Crippen LogP contribution in [0.3, 0.4) is 0 Å². The average Bonchev–Trinajstić information content (AvgIpc) is 3.25. The number of hydrogen-bond acceptors (Lipinski definition) is 6. The molecular weight excluding hydrogens is 402 g/mol. The van der Waals surface area contributed by atoms with Gasteiger partial charge in [-0.05, 0) is 69.8 Å². The molecule has 0 saturated carbocycles. The summed E-state index contributed by atoms with van der Waals surface area (Å²) < 4.78 is 1.69. The smallest absolute Gasteiger partial charge is 0.228 e. The van der Waals surface area contributed by atoms with Gasteiger partial charge >= 0.3 is 0 Å². The third-order valence-electron chi connectivity index (χ3n) is 6.95. The average molecular weight is 434 g/mol. The molecule has 2 atom stereocenters. The summed E-state index contributed by atoms with van der Waals surface area (Å²) in [6.45, 7) is 5.47. The van der Waals surface area contributed by atoms with Gasteiger partial charge in [0.05, 0.1) is 6.20 Å². The van der Waals surface area contributed by atoms with Crippen molar-refractivity contribution in [3.05, 3.63) is 36.7 Å². The molecule has 2 saturated heterocycles. The van der Waals surface area contributed by atoms with Crippen LogP contribution in [0.25, 0.3) is 22.0 Å². The highest BCUT2D eigenvalue weighted by molar-refractivity contribution is 5.95. The van der Waals surface area contributed by atoms with E-state index in [2.05, 4.69) is 43.8 Å². The van der Waals surface area contributed by atoms with Gasteiger partial charge in [-0.3, -0.25) is 14.4 Å². The van der Waals surface area contributed by atoms with Crippen molar-refractivity contribution in [2.24, 2.45) is 13.0 Å². The quantitative estimate of drug-likeness (QED) is 0.658. The number of hydrogen-bond donors (Lipinski definition) is 2. The fourth-order valence-electron chi connectivity index (χ4n) is 5.19. The number of nitrogens with zero attached hydrogens (tertiary/aromatic N) is 5. The van der Waals surface area contributed by atoms with Gasteiger partial charge in [0.2, 0.25) is 5.91 Å². The number of anilines is 1. The molecule has 2 N–H and O–H groups in total. The van der Waals surface area contributed by atoms with E-state index in [1.807, 2.05) is 37.6 Å². The monoisotopic (exact) mass is 433 g/mol. The Bertz CT molecular complexity index is 1100. The van der Waals surface area contributed by atoms with E-state index in [9.17, 15) is 4.79 Å². The highest BCUT2D eigenvalue weighted by atomic mass is 16.2. The fourth-order valence-corrected chi connectivity index (χ4v) is 5.19. The molecule has 2 aliphatic heterocycles. The molecule has 2 fully saturated rings. The van der Waals surface area contributed by atoms with Crippen LogP contribution in [-0.4, -0.2) is 62.5 Å². The van der Waals surface area contributed by atoms with E-state index in [0.29, 0.717) is 17.9 Å². The van der Waals surface area contributed by atoms with Gasteiger partial charge in [0.25, 0.3) is 0 Å². The Balaban J connectivity index is 1.26. The van der Waals surface area contributed by atoms with E-state index in [0.717, 1.165) is 54.5 Å². The van der Waals surface area contributed by atoms with Crippen LogP contribution in [0.1, 0.15) is 32.6 Å².